The van der Waals surface area contributed by atoms with Crippen molar-refractivity contribution >= 4 is 11.3 Å². The summed E-state index contributed by atoms with van der Waals surface area (Å²) in [4.78, 5) is 5.55. The van der Waals surface area contributed by atoms with Gasteiger partial charge in [-0.1, -0.05) is 19.8 Å². The molecule has 2 N–H and O–H groups in total. The van der Waals surface area contributed by atoms with Gasteiger partial charge in [0, 0.05) is 17.0 Å². The Bertz CT molecular complexity index is 366. The van der Waals surface area contributed by atoms with Gasteiger partial charge in [0.15, 0.2) is 0 Å². The van der Waals surface area contributed by atoms with Crippen LogP contribution < -0.4 is 5.32 Å². The molecule has 0 spiro atoms. The number of aliphatic hydroxyl groups excluding tert-OH is 1. The molecule has 96 valence electrons. The third-order valence-corrected chi connectivity index (χ3v) is 4.80. The topological polar surface area (TPSA) is 45.2 Å². The van der Waals surface area contributed by atoms with Crippen molar-refractivity contribution in [2.75, 3.05) is 6.61 Å². The van der Waals surface area contributed by atoms with Crippen LogP contribution in [-0.4, -0.2) is 22.2 Å². The van der Waals surface area contributed by atoms with Crippen molar-refractivity contribution in [3.8, 4) is 0 Å². The fourth-order valence-corrected chi connectivity index (χ4v) is 3.50. The normalized spacial score (nSPS) is 29.5. The number of nitrogens with zero attached hydrogens (tertiary/aromatic N) is 1. The molecule has 3 nitrogen and oxygen atoms in total. The molecule has 0 bridgehead atoms. The molecule has 2 unspecified atom stereocenters. The predicted octanol–water partition coefficient (Wildman–Crippen LogP) is 2.48. The molecule has 0 saturated heterocycles. The van der Waals surface area contributed by atoms with Crippen LogP contribution in [0.3, 0.4) is 0 Å². The fraction of sp³-hybridized carbons (Fsp3) is 0.769. The molecule has 1 aromatic heterocycles. The van der Waals surface area contributed by atoms with E-state index in [0.717, 1.165) is 25.1 Å². The molecule has 0 amide bonds. The number of hydrogen-bond donors (Lipinski definition) is 2. The van der Waals surface area contributed by atoms with Crippen LogP contribution in [0, 0.1) is 12.8 Å². The van der Waals surface area contributed by atoms with Crippen LogP contribution >= 0.6 is 11.3 Å². The Hall–Kier alpha value is -0.450. The first-order valence-corrected chi connectivity index (χ1v) is 7.28. The molecule has 4 heteroatoms. The Labute approximate surface area is 107 Å². The molecule has 2 atom stereocenters. The van der Waals surface area contributed by atoms with Crippen molar-refractivity contribution < 1.29 is 5.11 Å². The second kappa shape index (κ2) is 5.46. The summed E-state index contributed by atoms with van der Waals surface area (Å²) in [5.41, 5.74) is 2.94. The van der Waals surface area contributed by atoms with E-state index >= 15 is 0 Å². The van der Waals surface area contributed by atoms with Gasteiger partial charge in [-0.05, 0) is 25.7 Å². The highest BCUT2D eigenvalue weighted by atomic mass is 32.1. The standard InChI is InChI=1S/C13H22N2OS/c1-10-4-3-5-13(6-10,8-16)15-7-12-11(2)14-9-17-12/h9-10,15-16H,3-8H2,1-2H3. The highest BCUT2D eigenvalue weighted by Crippen LogP contribution is 2.32. The summed E-state index contributed by atoms with van der Waals surface area (Å²) in [6.45, 7) is 5.41. The quantitative estimate of drug-likeness (QED) is 0.867. The Kier molecular flexibility index (Phi) is 4.17. The van der Waals surface area contributed by atoms with Crippen LogP contribution in [0.4, 0.5) is 0 Å². The van der Waals surface area contributed by atoms with Crippen molar-refractivity contribution in [1.82, 2.24) is 10.3 Å². The van der Waals surface area contributed by atoms with Crippen molar-refractivity contribution in [2.45, 2.75) is 51.6 Å². The van der Waals surface area contributed by atoms with E-state index in [9.17, 15) is 5.11 Å². The lowest BCUT2D eigenvalue weighted by atomic mass is 9.77. The van der Waals surface area contributed by atoms with E-state index < -0.39 is 0 Å². The largest absolute Gasteiger partial charge is 0.394 e. The summed E-state index contributed by atoms with van der Waals surface area (Å²) in [5, 5.41) is 13.3. The van der Waals surface area contributed by atoms with Gasteiger partial charge in [0.05, 0.1) is 17.8 Å². The maximum absolute atomic E-state index is 9.68. The summed E-state index contributed by atoms with van der Waals surface area (Å²) in [6.07, 6.45) is 4.69. The molecule has 1 saturated carbocycles. The Morgan fingerprint density at radius 2 is 2.47 bits per heavy atom. The highest BCUT2D eigenvalue weighted by molar-refractivity contribution is 7.09. The van der Waals surface area contributed by atoms with Crippen molar-refractivity contribution in [3.63, 3.8) is 0 Å². The van der Waals surface area contributed by atoms with Crippen molar-refractivity contribution in [1.29, 1.82) is 0 Å². The van der Waals surface area contributed by atoms with Gasteiger partial charge in [-0.3, -0.25) is 0 Å². The summed E-state index contributed by atoms with van der Waals surface area (Å²) in [5.74, 6) is 0.714. The number of rotatable bonds is 4. The van der Waals surface area contributed by atoms with Gasteiger partial charge in [0.1, 0.15) is 0 Å². The van der Waals surface area contributed by atoms with Gasteiger partial charge < -0.3 is 10.4 Å². The summed E-state index contributed by atoms with van der Waals surface area (Å²) in [6, 6.07) is 0. The van der Waals surface area contributed by atoms with Crippen LogP contribution in [0.15, 0.2) is 5.51 Å². The molecule has 1 aromatic rings. The molecule has 0 radical (unpaired) electrons. The average molecular weight is 254 g/mol. The monoisotopic (exact) mass is 254 g/mol. The molecular weight excluding hydrogens is 232 g/mol. The number of nitrogens with one attached hydrogen (secondary N) is 1. The lowest BCUT2D eigenvalue weighted by Crippen LogP contribution is -2.51. The second-order valence-corrected chi connectivity index (χ2v) is 6.29. The molecule has 1 heterocycles. The lowest BCUT2D eigenvalue weighted by Gasteiger charge is -2.39. The van der Waals surface area contributed by atoms with E-state index in [1.54, 1.807) is 11.3 Å². The van der Waals surface area contributed by atoms with E-state index in [1.165, 1.54) is 17.7 Å². The Morgan fingerprint density at radius 3 is 3.06 bits per heavy atom. The average Bonchev–Trinajstić information content (AvgIpc) is 2.72. The molecule has 0 aliphatic heterocycles. The third-order valence-electron chi connectivity index (χ3n) is 3.86. The van der Waals surface area contributed by atoms with E-state index in [-0.39, 0.29) is 12.1 Å². The zero-order chi connectivity index (χ0) is 12.3. The first-order valence-electron chi connectivity index (χ1n) is 6.40. The second-order valence-electron chi connectivity index (χ2n) is 5.35. The van der Waals surface area contributed by atoms with Crippen LogP contribution in [0.5, 0.6) is 0 Å². The molecule has 1 aliphatic rings. The third kappa shape index (κ3) is 3.06. The van der Waals surface area contributed by atoms with Gasteiger partial charge >= 0.3 is 0 Å². The minimum Gasteiger partial charge on any atom is -0.394 e. The van der Waals surface area contributed by atoms with Crippen LogP contribution in [0.2, 0.25) is 0 Å². The molecule has 1 aliphatic carbocycles. The Balaban J connectivity index is 1.97. The summed E-state index contributed by atoms with van der Waals surface area (Å²) >= 11 is 1.69. The van der Waals surface area contributed by atoms with Gasteiger partial charge in [0.25, 0.3) is 0 Å². The van der Waals surface area contributed by atoms with E-state index in [0.29, 0.717) is 5.92 Å². The SMILES string of the molecule is Cc1ncsc1CNC1(CO)CCCC(C)C1. The predicted molar refractivity (Wildman–Crippen MR) is 71.1 cm³/mol. The van der Waals surface area contributed by atoms with Crippen LogP contribution in [0.25, 0.3) is 0 Å². The maximum Gasteiger partial charge on any atom is 0.0798 e. The number of aryl methyl sites for hydroxylation is 1. The summed E-state index contributed by atoms with van der Waals surface area (Å²) < 4.78 is 0. The first-order chi connectivity index (χ1) is 8.15. The van der Waals surface area contributed by atoms with Crippen LogP contribution in [-0.2, 0) is 6.54 Å². The molecule has 1 fully saturated rings. The number of thiazole rings is 1. The molecule has 17 heavy (non-hydrogen) atoms. The van der Waals surface area contributed by atoms with Crippen LogP contribution in [0.1, 0.15) is 43.2 Å². The minimum absolute atomic E-state index is 0.0614. The number of hydrogen-bond acceptors (Lipinski definition) is 4. The Morgan fingerprint density at radius 1 is 1.65 bits per heavy atom. The van der Waals surface area contributed by atoms with E-state index in [4.69, 9.17) is 0 Å². The van der Waals surface area contributed by atoms with Gasteiger partial charge in [0.2, 0.25) is 0 Å². The first kappa shape index (κ1) is 13.0. The smallest absolute Gasteiger partial charge is 0.0798 e. The lowest BCUT2D eigenvalue weighted by molar-refractivity contribution is 0.0984. The minimum atomic E-state index is -0.0614. The van der Waals surface area contributed by atoms with Gasteiger partial charge in [-0.25, -0.2) is 4.98 Å². The van der Waals surface area contributed by atoms with Crippen molar-refractivity contribution in [2.24, 2.45) is 5.92 Å². The number of aromatic nitrogens is 1. The molecule has 2 rings (SSSR count). The zero-order valence-corrected chi connectivity index (χ0v) is 11.5. The zero-order valence-electron chi connectivity index (χ0n) is 10.7. The summed E-state index contributed by atoms with van der Waals surface area (Å²) in [7, 11) is 0. The molecular formula is C13H22N2OS. The van der Waals surface area contributed by atoms with Gasteiger partial charge in [-0.15, -0.1) is 11.3 Å². The van der Waals surface area contributed by atoms with Crippen molar-refractivity contribution in [3.05, 3.63) is 16.1 Å². The fourth-order valence-electron chi connectivity index (χ4n) is 2.78. The number of aliphatic hydroxyl groups is 1. The van der Waals surface area contributed by atoms with E-state index in [2.05, 4.69) is 17.2 Å². The maximum atomic E-state index is 9.68. The molecule has 0 aromatic carbocycles. The van der Waals surface area contributed by atoms with E-state index in [1.807, 2.05) is 12.4 Å². The van der Waals surface area contributed by atoms with Gasteiger partial charge in [-0.2, -0.15) is 0 Å². The highest BCUT2D eigenvalue weighted by Gasteiger charge is 2.33.